The average molecular weight is 345 g/mol. The highest BCUT2D eigenvalue weighted by Crippen LogP contribution is 2.42. The fourth-order valence-corrected chi connectivity index (χ4v) is 2.98. The van der Waals surface area contributed by atoms with Crippen LogP contribution in [0.4, 0.5) is 4.79 Å². The minimum Gasteiger partial charge on any atom is -0.479 e. The molecule has 0 saturated carbocycles. The topological polar surface area (TPSA) is 89.2 Å². The van der Waals surface area contributed by atoms with Crippen molar-refractivity contribution < 1.29 is 28.6 Å². The first-order valence-electron chi connectivity index (χ1n) is 7.83. The highest BCUT2D eigenvalue weighted by molar-refractivity contribution is 5.77. The summed E-state index contributed by atoms with van der Waals surface area (Å²) in [5.74, 6) is -1.15. The quantitative estimate of drug-likeness (QED) is 0.915. The molecule has 0 aliphatic carbocycles. The number of benzene rings is 1. The Morgan fingerprint density at radius 2 is 1.96 bits per heavy atom. The number of aliphatic carboxylic acids is 1. The Morgan fingerprint density at radius 3 is 2.56 bits per heavy atom. The molecule has 25 heavy (non-hydrogen) atoms. The molecule has 0 bridgehead atoms. The van der Waals surface area contributed by atoms with Crippen LogP contribution in [0.2, 0.25) is 0 Å². The summed E-state index contributed by atoms with van der Waals surface area (Å²) in [6.07, 6.45) is 0.969. The first-order chi connectivity index (χ1) is 11.9. The van der Waals surface area contributed by atoms with Crippen molar-refractivity contribution in [1.82, 2.24) is 4.90 Å². The van der Waals surface area contributed by atoms with Crippen molar-refractivity contribution in [3.05, 3.63) is 60.1 Å². The Labute approximate surface area is 144 Å². The summed E-state index contributed by atoms with van der Waals surface area (Å²) in [5, 5.41) is 9.49. The molecular formula is C18H19NO6. The number of carboxylic acid groups (broad SMARTS) is 1. The summed E-state index contributed by atoms with van der Waals surface area (Å²) in [5.41, 5.74) is 0.233. The number of carboxylic acids is 1. The fourth-order valence-electron chi connectivity index (χ4n) is 2.98. The van der Waals surface area contributed by atoms with Crippen molar-refractivity contribution in [2.75, 3.05) is 0 Å². The minimum atomic E-state index is -1.21. The van der Waals surface area contributed by atoms with E-state index in [0.29, 0.717) is 5.56 Å². The van der Waals surface area contributed by atoms with E-state index in [0.717, 1.165) is 5.56 Å². The van der Waals surface area contributed by atoms with E-state index in [1.54, 1.807) is 19.9 Å². The lowest BCUT2D eigenvalue weighted by atomic mass is 10.0. The predicted molar refractivity (Wildman–Crippen MR) is 86.5 cm³/mol. The van der Waals surface area contributed by atoms with E-state index in [4.69, 9.17) is 13.9 Å². The van der Waals surface area contributed by atoms with Crippen LogP contribution >= 0.6 is 0 Å². The highest BCUT2D eigenvalue weighted by Gasteiger charge is 2.54. The number of furan rings is 1. The molecule has 0 radical (unpaired) electrons. The van der Waals surface area contributed by atoms with Crippen LogP contribution in [0.25, 0.3) is 0 Å². The van der Waals surface area contributed by atoms with Crippen LogP contribution in [0.5, 0.6) is 0 Å². The number of amides is 1. The van der Waals surface area contributed by atoms with Crippen LogP contribution in [-0.4, -0.2) is 33.9 Å². The van der Waals surface area contributed by atoms with Gasteiger partial charge in [0.1, 0.15) is 18.4 Å². The third-order valence-electron chi connectivity index (χ3n) is 4.09. The number of ether oxygens (including phenoxy) is 2. The van der Waals surface area contributed by atoms with Gasteiger partial charge in [0.2, 0.25) is 0 Å². The van der Waals surface area contributed by atoms with Gasteiger partial charge < -0.3 is 19.0 Å². The van der Waals surface area contributed by atoms with E-state index < -0.39 is 29.9 Å². The Hall–Kier alpha value is -2.80. The smallest absolute Gasteiger partial charge is 0.413 e. The molecule has 1 aromatic heterocycles. The lowest BCUT2D eigenvalue weighted by Gasteiger charge is -2.32. The van der Waals surface area contributed by atoms with Gasteiger partial charge in [0.25, 0.3) is 0 Å². The molecule has 2 atom stereocenters. The third kappa shape index (κ3) is 3.36. The first kappa shape index (κ1) is 17.0. The summed E-state index contributed by atoms with van der Waals surface area (Å²) in [6.45, 7) is 3.35. The second-order valence-corrected chi connectivity index (χ2v) is 6.24. The molecular weight excluding hydrogens is 326 g/mol. The molecule has 0 spiro atoms. The molecule has 1 aromatic carbocycles. The molecule has 2 heterocycles. The predicted octanol–water partition coefficient (Wildman–Crippen LogP) is 3.18. The second-order valence-electron chi connectivity index (χ2n) is 6.24. The van der Waals surface area contributed by atoms with Gasteiger partial charge in [-0.25, -0.2) is 9.59 Å². The average Bonchev–Trinajstić information content (AvgIpc) is 3.19. The minimum absolute atomic E-state index is 0.0854. The summed E-state index contributed by atoms with van der Waals surface area (Å²) < 4.78 is 16.1. The lowest BCUT2D eigenvalue weighted by Crippen LogP contribution is -2.45. The van der Waals surface area contributed by atoms with Crippen LogP contribution in [0.3, 0.4) is 0 Å². The van der Waals surface area contributed by atoms with Gasteiger partial charge in [-0.2, -0.15) is 0 Å². The summed E-state index contributed by atoms with van der Waals surface area (Å²) >= 11 is 0. The normalized spacial score (nSPS) is 21.9. The Kier molecular flexibility index (Phi) is 4.50. The van der Waals surface area contributed by atoms with Gasteiger partial charge in [-0.05, 0) is 25.5 Å². The maximum atomic E-state index is 12.7. The lowest BCUT2D eigenvalue weighted by molar-refractivity contribution is -0.155. The van der Waals surface area contributed by atoms with Crippen molar-refractivity contribution in [3.63, 3.8) is 0 Å². The van der Waals surface area contributed by atoms with E-state index in [-0.39, 0.29) is 6.61 Å². The van der Waals surface area contributed by atoms with Gasteiger partial charge in [-0.15, -0.1) is 0 Å². The number of carbonyl (C=O) groups is 2. The summed E-state index contributed by atoms with van der Waals surface area (Å²) in [7, 11) is 0. The van der Waals surface area contributed by atoms with Gasteiger partial charge in [-0.1, -0.05) is 30.3 Å². The van der Waals surface area contributed by atoms with E-state index in [2.05, 4.69) is 0 Å². The molecule has 1 fully saturated rings. The van der Waals surface area contributed by atoms with Crippen molar-refractivity contribution in [2.24, 2.45) is 0 Å². The largest absolute Gasteiger partial charge is 0.479 e. The molecule has 1 aliphatic rings. The fraction of sp³-hybridized carbons (Fsp3) is 0.333. The summed E-state index contributed by atoms with van der Waals surface area (Å²) in [6, 6.07) is 10.0. The van der Waals surface area contributed by atoms with Gasteiger partial charge in [0.05, 0.1) is 12.5 Å². The number of rotatable bonds is 4. The number of carbonyl (C=O) groups excluding carboxylic acids is 1. The van der Waals surface area contributed by atoms with E-state index in [9.17, 15) is 14.7 Å². The molecule has 1 saturated heterocycles. The van der Waals surface area contributed by atoms with Crippen LogP contribution in [0.1, 0.15) is 31.0 Å². The standard InChI is InChI=1S/C18H19NO6/c1-18(2)19(17(22)24-10-12-6-4-3-5-7-12)14(13-8-9-23-11-13)15(25-18)16(20)21/h3-9,11,14-15H,10H2,1-2H3,(H,20,21). The van der Waals surface area contributed by atoms with E-state index in [1.807, 2.05) is 30.3 Å². The number of hydrogen-bond donors (Lipinski definition) is 1. The van der Waals surface area contributed by atoms with Gasteiger partial charge in [0, 0.05) is 5.56 Å². The zero-order chi connectivity index (χ0) is 18.0. The maximum Gasteiger partial charge on any atom is 0.413 e. The monoisotopic (exact) mass is 345 g/mol. The maximum absolute atomic E-state index is 12.7. The SMILES string of the molecule is CC1(C)OC(C(=O)O)C(c2ccoc2)N1C(=O)OCc1ccccc1. The zero-order valence-corrected chi connectivity index (χ0v) is 13.9. The Balaban J connectivity index is 1.85. The van der Waals surface area contributed by atoms with E-state index >= 15 is 0 Å². The molecule has 132 valence electrons. The van der Waals surface area contributed by atoms with Crippen LogP contribution in [-0.2, 0) is 20.9 Å². The van der Waals surface area contributed by atoms with Crippen molar-refractivity contribution in [2.45, 2.75) is 38.3 Å². The van der Waals surface area contributed by atoms with Gasteiger partial charge in [-0.3, -0.25) is 4.90 Å². The van der Waals surface area contributed by atoms with E-state index in [1.165, 1.54) is 17.4 Å². The van der Waals surface area contributed by atoms with Crippen molar-refractivity contribution in [3.8, 4) is 0 Å². The molecule has 7 nitrogen and oxygen atoms in total. The van der Waals surface area contributed by atoms with Crippen LogP contribution in [0, 0.1) is 0 Å². The molecule has 1 amide bonds. The molecule has 7 heteroatoms. The molecule has 2 unspecified atom stereocenters. The zero-order valence-electron chi connectivity index (χ0n) is 13.9. The second kappa shape index (κ2) is 6.60. The highest BCUT2D eigenvalue weighted by atomic mass is 16.6. The molecule has 2 aromatic rings. The van der Waals surface area contributed by atoms with Gasteiger partial charge in [0.15, 0.2) is 6.10 Å². The van der Waals surface area contributed by atoms with Crippen molar-refractivity contribution >= 4 is 12.1 Å². The van der Waals surface area contributed by atoms with Crippen LogP contribution in [0.15, 0.2) is 53.3 Å². The van der Waals surface area contributed by atoms with Crippen LogP contribution < -0.4 is 0 Å². The Bertz CT molecular complexity index is 740. The molecule has 3 rings (SSSR count). The van der Waals surface area contributed by atoms with Gasteiger partial charge >= 0.3 is 12.1 Å². The van der Waals surface area contributed by atoms with Crippen molar-refractivity contribution in [1.29, 1.82) is 0 Å². The summed E-state index contributed by atoms with van der Waals surface area (Å²) in [4.78, 5) is 25.6. The Morgan fingerprint density at radius 1 is 1.24 bits per heavy atom. The third-order valence-corrected chi connectivity index (χ3v) is 4.09. The molecule has 1 N–H and O–H groups in total. The molecule has 1 aliphatic heterocycles. The number of nitrogens with zero attached hydrogens (tertiary/aromatic N) is 1. The number of hydrogen-bond acceptors (Lipinski definition) is 5. The first-order valence-corrected chi connectivity index (χ1v) is 7.83.